The number of aromatic nitrogens is 2. The molecule has 2 aromatic rings. The van der Waals surface area contributed by atoms with Gasteiger partial charge in [0.2, 0.25) is 11.7 Å². The molecule has 0 saturated carbocycles. The molecule has 2 atom stereocenters. The molecular formula is C17H21FN4O2. The van der Waals surface area contributed by atoms with Crippen LogP contribution in [-0.2, 0) is 11.3 Å². The third-order valence-corrected chi connectivity index (χ3v) is 4.90. The van der Waals surface area contributed by atoms with Crippen molar-refractivity contribution < 1.29 is 13.7 Å². The van der Waals surface area contributed by atoms with Crippen LogP contribution in [0.1, 0.15) is 11.5 Å². The topological polar surface area (TPSA) is 54.6 Å². The van der Waals surface area contributed by atoms with Gasteiger partial charge in [0.1, 0.15) is 5.82 Å². The Kier molecular flexibility index (Phi) is 4.07. The van der Waals surface area contributed by atoms with Crippen LogP contribution < -0.4 is 0 Å². The molecule has 4 rings (SSSR count). The van der Waals surface area contributed by atoms with Crippen molar-refractivity contribution in [2.45, 2.75) is 25.6 Å². The zero-order valence-corrected chi connectivity index (χ0v) is 13.9. The molecule has 7 heteroatoms. The van der Waals surface area contributed by atoms with Crippen LogP contribution >= 0.6 is 0 Å². The summed E-state index contributed by atoms with van der Waals surface area (Å²) in [6.45, 7) is 5.92. The molecule has 0 spiro atoms. The highest BCUT2D eigenvalue weighted by molar-refractivity contribution is 5.55. The minimum atomic E-state index is -0.230. The fourth-order valence-corrected chi connectivity index (χ4v) is 3.47. The first kappa shape index (κ1) is 15.7. The quantitative estimate of drug-likeness (QED) is 0.853. The van der Waals surface area contributed by atoms with Gasteiger partial charge in [-0.05, 0) is 37.7 Å². The molecule has 2 aliphatic heterocycles. The van der Waals surface area contributed by atoms with E-state index in [9.17, 15) is 4.39 Å². The van der Waals surface area contributed by atoms with E-state index in [1.807, 2.05) is 0 Å². The van der Waals surface area contributed by atoms with Gasteiger partial charge in [-0.2, -0.15) is 4.98 Å². The van der Waals surface area contributed by atoms with Crippen molar-refractivity contribution >= 4 is 0 Å². The van der Waals surface area contributed by atoms with E-state index < -0.39 is 0 Å². The van der Waals surface area contributed by atoms with E-state index in [0.29, 0.717) is 29.9 Å². The summed E-state index contributed by atoms with van der Waals surface area (Å²) in [6.07, 6.45) is 0.255. The fraction of sp³-hybridized carbons (Fsp3) is 0.529. The summed E-state index contributed by atoms with van der Waals surface area (Å²) in [6, 6.07) is 5.27. The number of hydrogen-bond donors (Lipinski definition) is 0. The van der Waals surface area contributed by atoms with Gasteiger partial charge in [0.05, 0.1) is 19.3 Å². The first-order chi connectivity index (χ1) is 11.6. The van der Waals surface area contributed by atoms with Crippen molar-refractivity contribution in [3.05, 3.63) is 35.5 Å². The molecule has 2 saturated heterocycles. The maximum Gasteiger partial charge on any atom is 0.241 e. The number of ether oxygens (including phenoxy) is 1. The largest absolute Gasteiger partial charge is 0.374 e. The smallest absolute Gasteiger partial charge is 0.241 e. The number of likely N-dealkylation sites (tertiary alicyclic amines) is 1. The van der Waals surface area contributed by atoms with E-state index in [4.69, 9.17) is 9.26 Å². The van der Waals surface area contributed by atoms with Crippen LogP contribution in [0.25, 0.3) is 11.4 Å². The molecule has 0 bridgehead atoms. The summed E-state index contributed by atoms with van der Waals surface area (Å²) >= 11 is 0. The summed E-state index contributed by atoms with van der Waals surface area (Å²) < 4.78 is 24.6. The van der Waals surface area contributed by atoms with E-state index in [2.05, 4.69) is 27.0 Å². The van der Waals surface area contributed by atoms with Gasteiger partial charge < -0.3 is 9.26 Å². The number of benzene rings is 1. The molecule has 0 aliphatic carbocycles. The third kappa shape index (κ3) is 2.94. The number of aryl methyl sites for hydroxylation is 1. The van der Waals surface area contributed by atoms with Crippen molar-refractivity contribution in [2.75, 3.05) is 33.3 Å². The lowest BCUT2D eigenvalue weighted by Gasteiger charge is -2.33. The predicted molar refractivity (Wildman–Crippen MR) is 85.9 cm³/mol. The van der Waals surface area contributed by atoms with Crippen LogP contribution in [0.4, 0.5) is 4.39 Å². The molecule has 0 N–H and O–H groups in total. The van der Waals surface area contributed by atoms with E-state index in [-0.39, 0.29) is 11.9 Å². The highest BCUT2D eigenvalue weighted by atomic mass is 19.1. The standard InChI is InChI=1S/C17H21FN4O2/c1-11-7-12(3-4-13(11)18)17-19-16(24-20-17)10-22-8-14-15(9-22)23-6-5-21(14)2/h3-4,7,14-15H,5-6,8-10H2,1-2H3/t14-,15+/m0/s1. The van der Waals surface area contributed by atoms with E-state index in [1.54, 1.807) is 19.1 Å². The number of halogens is 1. The van der Waals surface area contributed by atoms with Gasteiger partial charge in [-0.15, -0.1) is 0 Å². The predicted octanol–water partition coefficient (Wildman–Crippen LogP) is 1.70. The Bertz CT molecular complexity index is 735. The van der Waals surface area contributed by atoms with Gasteiger partial charge in [0, 0.05) is 31.2 Å². The summed E-state index contributed by atoms with van der Waals surface area (Å²) in [4.78, 5) is 9.09. The SMILES string of the molecule is Cc1cc(-c2noc(CN3C[C@H]4OCCN(C)[C@H]4C3)n2)ccc1F. The van der Waals surface area contributed by atoms with Crippen LogP contribution in [0.5, 0.6) is 0 Å². The lowest BCUT2D eigenvalue weighted by atomic mass is 10.1. The molecule has 3 heterocycles. The lowest BCUT2D eigenvalue weighted by molar-refractivity contribution is -0.0370. The zero-order chi connectivity index (χ0) is 16.7. The van der Waals surface area contributed by atoms with E-state index >= 15 is 0 Å². The molecule has 24 heavy (non-hydrogen) atoms. The molecule has 0 unspecified atom stereocenters. The zero-order valence-electron chi connectivity index (χ0n) is 13.9. The fourth-order valence-electron chi connectivity index (χ4n) is 3.47. The van der Waals surface area contributed by atoms with Crippen molar-refractivity contribution in [2.24, 2.45) is 0 Å². The number of likely N-dealkylation sites (N-methyl/N-ethyl adjacent to an activating group) is 1. The Hall–Kier alpha value is -1.83. The van der Waals surface area contributed by atoms with Gasteiger partial charge in [0.15, 0.2) is 0 Å². The molecular weight excluding hydrogens is 311 g/mol. The van der Waals surface area contributed by atoms with Crippen LogP contribution in [0.2, 0.25) is 0 Å². The molecule has 0 amide bonds. The number of morpholine rings is 1. The minimum absolute atomic E-state index is 0.230. The van der Waals surface area contributed by atoms with Crippen molar-refractivity contribution in [3.63, 3.8) is 0 Å². The van der Waals surface area contributed by atoms with Gasteiger partial charge in [-0.3, -0.25) is 9.80 Å². The second kappa shape index (κ2) is 6.23. The Morgan fingerprint density at radius 2 is 2.21 bits per heavy atom. The molecule has 2 aliphatic rings. The maximum absolute atomic E-state index is 13.4. The third-order valence-electron chi connectivity index (χ3n) is 4.90. The highest BCUT2D eigenvalue weighted by Crippen LogP contribution is 2.24. The Morgan fingerprint density at radius 3 is 3.00 bits per heavy atom. The van der Waals surface area contributed by atoms with E-state index in [0.717, 1.165) is 31.8 Å². The average molecular weight is 332 g/mol. The summed E-state index contributed by atoms with van der Waals surface area (Å²) in [5.41, 5.74) is 1.34. The van der Waals surface area contributed by atoms with Crippen molar-refractivity contribution in [1.82, 2.24) is 19.9 Å². The molecule has 1 aromatic heterocycles. The summed E-state index contributed by atoms with van der Waals surface area (Å²) in [5.74, 6) is 0.845. The maximum atomic E-state index is 13.4. The van der Waals surface area contributed by atoms with Crippen molar-refractivity contribution in [3.8, 4) is 11.4 Å². The highest BCUT2D eigenvalue weighted by Gasteiger charge is 2.38. The number of nitrogens with zero attached hydrogens (tertiary/aromatic N) is 4. The minimum Gasteiger partial charge on any atom is -0.374 e. The molecule has 2 fully saturated rings. The van der Waals surface area contributed by atoms with Crippen LogP contribution in [0.15, 0.2) is 22.7 Å². The monoisotopic (exact) mass is 332 g/mol. The number of hydrogen-bond acceptors (Lipinski definition) is 6. The molecule has 6 nitrogen and oxygen atoms in total. The summed E-state index contributed by atoms with van der Waals surface area (Å²) in [5, 5.41) is 4.03. The Balaban J connectivity index is 1.45. The molecule has 1 aromatic carbocycles. The normalized spacial score (nSPS) is 25.1. The number of fused-ring (bicyclic) bond motifs is 1. The second-order valence-corrected chi connectivity index (χ2v) is 6.63. The van der Waals surface area contributed by atoms with Gasteiger partial charge in [0.25, 0.3) is 0 Å². The lowest BCUT2D eigenvalue weighted by Crippen LogP contribution is -2.48. The van der Waals surface area contributed by atoms with Crippen LogP contribution in [0.3, 0.4) is 0 Å². The Morgan fingerprint density at radius 1 is 1.33 bits per heavy atom. The first-order valence-corrected chi connectivity index (χ1v) is 8.23. The van der Waals surface area contributed by atoms with Gasteiger partial charge in [-0.1, -0.05) is 5.16 Å². The van der Waals surface area contributed by atoms with E-state index in [1.165, 1.54) is 6.07 Å². The average Bonchev–Trinajstić information content (AvgIpc) is 3.18. The summed E-state index contributed by atoms with van der Waals surface area (Å²) in [7, 11) is 2.14. The van der Waals surface area contributed by atoms with Crippen LogP contribution in [0, 0.1) is 12.7 Å². The van der Waals surface area contributed by atoms with Crippen LogP contribution in [-0.4, -0.2) is 65.4 Å². The molecule has 128 valence electrons. The van der Waals surface area contributed by atoms with Gasteiger partial charge in [-0.25, -0.2) is 4.39 Å². The van der Waals surface area contributed by atoms with Crippen molar-refractivity contribution in [1.29, 1.82) is 0 Å². The first-order valence-electron chi connectivity index (χ1n) is 8.23. The van der Waals surface area contributed by atoms with Gasteiger partial charge >= 0.3 is 0 Å². The molecule has 0 radical (unpaired) electrons. The Labute approximate surface area is 140 Å². The second-order valence-electron chi connectivity index (χ2n) is 6.63. The number of rotatable bonds is 3.